The molecule has 0 aliphatic carbocycles. The number of hydrogen-bond donors (Lipinski definition) is 2. The third-order valence-corrected chi connectivity index (χ3v) is 2.85. The number of para-hydroxylation sites is 2. The minimum atomic E-state index is 0.0520. The number of amides is 1. The Morgan fingerprint density at radius 2 is 2.17 bits per heavy atom. The zero-order chi connectivity index (χ0) is 13.0. The number of carbonyl (C=O) groups excluding carboxylic acids is 1. The molecule has 4 heteroatoms. The largest absolute Gasteiger partial charge is 0.356 e. The summed E-state index contributed by atoms with van der Waals surface area (Å²) < 4.78 is 0. The van der Waals surface area contributed by atoms with E-state index in [0.29, 0.717) is 6.54 Å². The number of nitrogens with zero attached hydrogens (tertiary/aromatic N) is 1. The SMILES string of the molecule is CC(C)C(=O)NCCCc1nc2ccccc2[nH]1. The van der Waals surface area contributed by atoms with Gasteiger partial charge in [-0.3, -0.25) is 4.79 Å². The summed E-state index contributed by atoms with van der Waals surface area (Å²) in [6.07, 6.45) is 1.76. The number of carbonyl (C=O) groups is 1. The molecule has 2 rings (SSSR count). The summed E-state index contributed by atoms with van der Waals surface area (Å²) in [6.45, 7) is 4.50. The van der Waals surface area contributed by atoms with E-state index in [1.165, 1.54) is 0 Å². The van der Waals surface area contributed by atoms with Gasteiger partial charge in [0.2, 0.25) is 5.91 Å². The number of aromatic amines is 1. The minimum Gasteiger partial charge on any atom is -0.356 e. The fourth-order valence-electron chi connectivity index (χ4n) is 1.80. The van der Waals surface area contributed by atoms with E-state index in [1.807, 2.05) is 38.1 Å². The lowest BCUT2D eigenvalue weighted by Gasteiger charge is -2.06. The van der Waals surface area contributed by atoms with Gasteiger partial charge in [0.05, 0.1) is 11.0 Å². The maximum absolute atomic E-state index is 11.4. The zero-order valence-electron chi connectivity index (χ0n) is 10.9. The van der Waals surface area contributed by atoms with Gasteiger partial charge in [0, 0.05) is 18.9 Å². The van der Waals surface area contributed by atoms with Gasteiger partial charge in [-0.25, -0.2) is 4.98 Å². The molecule has 0 aliphatic heterocycles. The Bertz CT molecular complexity index is 498. The molecule has 0 aliphatic rings. The zero-order valence-corrected chi connectivity index (χ0v) is 10.9. The van der Waals surface area contributed by atoms with Crippen LogP contribution >= 0.6 is 0 Å². The fraction of sp³-hybridized carbons (Fsp3) is 0.429. The van der Waals surface area contributed by atoms with Gasteiger partial charge in [-0.2, -0.15) is 0 Å². The molecular weight excluding hydrogens is 226 g/mol. The average molecular weight is 245 g/mol. The molecule has 0 radical (unpaired) electrons. The van der Waals surface area contributed by atoms with Gasteiger partial charge in [-0.15, -0.1) is 0 Å². The topological polar surface area (TPSA) is 57.8 Å². The van der Waals surface area contributed by atoms with Crippen LogP contribution in [0.3, 0.4) is 0 Å². The minimum absolute atomic E-state index is 0.0520. The number of rotatable bonds is 5. The molecule has 2 N–H and O–H groups in total. The molecule has 1 aromatic carbocycles. The number of aromatic nitrogens is 2. The van der Waals surface area contributed by atoms with Crippen LogP contribution in [0.5, 0.6) is 0 Å². The van der Waals surface area contributed by atoms with Crippen LogP contribution in [0.1, 0.15) is 26.1 Å². The van der Waals surface area contributed by atoms with E-state index in [-0.39, 0.29) is 11.8 Å². The predicted octanol–water partition coefficient (Wildman–Crippen LogP) is 2.27. The van der Waals surface area contributed by atoms with Crippen molar-refractivity contribution in [3.8, 4) is 0 Å². The van der Waals surface area contributed by atoms with E-state index in [4.69, 9.17) is 0 Å². The first-order valence-electron chi connectivity index (χ1n) is 6.38. The molecule has 1 heterocycles. The van der Waals surface area contributed by atoms with Crippen molar-refractivity contribution in [1.29, 1.82) is 0 Å². The summed E-state index contributed by atoms with van der Waals surface area (Å²) in [5, 5.41) is 2.91. The van der Waals surface area contributed by atoms with E-state index in [2.05, 4.69) is 15.3 Å². The predicted molar refractivity (Wildman–Crippen MR) is 72.3 cm³/mol. The molecule has 1 amide bonds. The highest BCUT2D eigenvalue weighted by Crippen LogP contribution is 2.11. The van der Waals surface area contributed by atoms with Crippen molar-refractivity contribution >= 4 is 16.9 Å². The highest BCUT2D eigenvalue weighted by Gasteiger charge is 2.06. The van der Waals surface area contributed by atoms with Crippen LogP contribution < -0.4 is 5.32 Å². The Kier molecular flexibility index (Phi) is 3.97. The van der Waals surface area contributed by atoms with Crippen molar-refractivity contribution in [2.75, 3.05) is 6.54 Å². The third kappa shape index (κ3) is 3.09. The summed E-state index contributed by atoms with van der Waals surface area (Å²) in [5.74, 6) is 1.14. The number of H-pyrrole nitrogens is 1. The molecule has 4 nitrogen and oxygen atoms in total. The number of nitrogens with one attached hydrogen (secondary N) is 2. The smallest absolute Gasteiger partial charge is 0.222 e. The summed E-state index contributed by atoms with van der Waals surface area (Å²) in [7, 11) is 0. The van der Waals surface area contributed by atoms with E-state index in [0.717, 1.165) is 29.7 Å². The van der Waals surface area contributed by atoms with Gasteiger partial charge in [0.1, 0.15) is 5.82 Å². The van der Waals surface area contributed by atoms with Gasteiger partial charge < -0.3 is 10.3 Å². The summed E-state index contributed by atoms with van der Waals surface area (Å²) >= 11 is 0. The maximum Gasteiger partial charge on any atom is 0.222 e. The normalized spacial score (nSPS) is 11.1. The molecule has 0 spiro atoms. The Hall–Kier alpha value is -1.84. The molecule has 0 atom stereocenters. The van der Waals surface area contributed by atoms with E-state index in [1.54, 1.807) is 0 Å². The second-order valence-electron chi connectivity index (χ2n) is 4.75. The first-order chi connectivity index (χ1) is 8.66. The van der Waals surface area contributed by atoms with Crippen LogP contribution in [0, 0.1) is 5.92 Å². The number of hydrogen-bond acceptors (Lipinski definition) is 2. The Labute approximate surface area is 107 Å². The molecule has 96 valence electrons. The summed E-state index contributed by atoms with van der Waals surface area (Å²) in [4.78, 5) is 19.1. The fourth-order valence-corrected chi connectivity index (χ4v) is 1.80. The van der Waals surface area contributed by atoms with Gasteiger partial charge >= 0.3 is 0 Å². The van der Waals surface area contributed by atoms with E-state index >= 15 is 0 Å². The van der Waals surface area contributed by atoms with Crippen LogP contribution in [-0.2, 0) is 11.2 Å². The quantitative estimate of drug-likeness (QED) is 0.794. The molecular formula is C14H19N3O. The van der Waals surface area contributed by atoms with Crippen molar-refractivity contribution in [2.24, 2.45) is 5.92 Å². The highest BCUT2D eigenvalue weighted by molar-refractivity contribution is 5.77. The Morgan fingerprint density at radius 1 is 1.39 bits per heavy atom. The van der Waals surface area contributed by atoms with Crippen LogP contribution in [0.2, 0.25) is 0 Å². The monoisotopic (exact) mass is 245 g/mol. The maximum atomic E-state index is 11.4. The molecule has 2 aromatic rings. The van der Waals surface area contributed by atoms with Crippen LogP contribution in [0.25, 0.3) is 11.0 Å². The molecule has 0 saturated carbocycles. The van der Waals surface area contributed by atoms with Crippen molar-refractivity contribution in [3.63, 3.8) is 0 Å². The van der Waals surface area contributed by atoms with E-state index in [9.17, 15) is 4.79 Å². The van der Waals surface area contributed by atoms with Crippen molar-refractivity contribution in [2.45, 2.75) is 26.7 Å². The van der Waals surface area contributed by atoms with Gasteiger partial charge in [0.15, 0.2) is 0 Å². The summed E-state index contributed by atoms with van der Waals surface area (Å²) in [5.41, 5.74) is 2.07. The molecule has 0 unspecified atom stereocenters. The van der Waals surface area contributed by atoms with Crippen molar-refractivity contribution in [3.05, 3.63) is 30.1 Å². The van der Waals surface area contributed by atoms with Crippen molar-refractivity contribution in [1.82, 2.24) is 15.3 Å². The average Bonchev–Trinajstić information content (AvgIpc) is 2.76. The van der Waals surface area contributed by atoms with Gasteiger partial charge in [-0.1, -0.05) is 26.0 Å². The van der Waals surface area contributed by atoms with Gasteiger partial charge in [-0.05, 0) is 18.6 Å². The second-order valence-corrected chi connectivity index (χ2v) is 4.75. The first-order valence-corrected chi connectivity index (χ1v) is 6.38. The Balaban J connectivity index is 1.82. The number of imidazole rings is 1. The van der Waals surface area contributed by atoms with Crippen LogP contribution in [0.15, 0.2) is 24.3 Å². The number of aryl methyl sites for hydroxylation is 1. The molecule has 18 heavy (non-hydrogen) atoms. The Morgan fingerprint density at radius 3 is 2.89 bits per heavy atom. The molecule has 0 saturated heterocycles. The second kappa shape index (κ2) is 5.67. The molecule has 0 bridgehead atoms. The summed E-state index contributed by atoms with van der Waals surface area (Å²) in [6, 6.07) is 7.99. The van der Waals surface area contributed by atoms with Gasteiger partial charge in [0.25, 0.3) is 0 Å². The third-order valence-electron chi connectivity index (χ3n) is 2.85. The number of fused-ring (bicyclic) bond motifs is 1. The first kappa shape index (κ1) is 12.6. The molecule has 1 aromatic heterocycles. The number of benzene rings is 1. The highest BCUT2D eigenvalue weighted by atomic mass is 16.1. The van der Waals surface area contributed by atoms with Crippen LogP contribution in [-0.4, -0.2) is 22.4 Å². The lowest BCUT2D eigenvalue weighted by molar-refractivity contribution is -0.123. The van der Waals surface area contributed by atoms with Crippen LogP contribution in [0.4, 0.5) is 0 Å². The van der Waals surface area contributed by atoms with E-state index < -0.39 is 0 Å². The van der Waals surface area contributed by atoms with Crippen molar-refractivity contribution < 1.29 is 4.79 Å². The lowest BCUT2D eigenvalue weighted by Crippen LogP contribution is -2.28. The lowest BCUT2D eigenvalue weighted by atomic mass is 10.2. The standard InChI is InChI=1S/C14H19N3O/c1-10(2)14(18)15-9-5-8-13-16-11-6-3-4-7-12(11)17-13/h3-4,6-7,10H,5,8-9H2,1-2H3,(H,15,18)(H,16,17). The molecule has 0 fully saturated rings.